The summed E-state index contributed by atoms with van der Waals surface area (Å²) in [5.41, 5.74) is 1.21. The molecular formula is C17H30FN. The average molecular weight is 267 g/mol. The fraction of sp³-hybridized carbons (Fsp3) is 0.647. The van der Waals surface area contributed by atoms with Crippen LogP contribution in [-0.4, -0.2) is 17.5 Å². The van der Waals surface area contributed by atoms with E-state index in [0.717, 1.165) is 6.54 Å². The molecule has 0 saturated carbocycles. The molecule has 0 bridgehead atoms. The van der Waals surface area contributed by atoms with Gasteiger partial charge >= 0.3 is 0 Å². The number of rotatable bonds is 2. The van der Waals surface area contributed by atoms with Crippen molar-refractivity contribution >= 4 is 0 Å². The van der Waals surface area contributed by atoms with Gasteiger partial charge in [0.25, 0.3) is 0 Å². The van der Waals surface area contributed by atoms with Gasteiger partial charge in [-0.1, -0.05) is 46.2 Å². The summed E-state index contributed by atoms with van der Waals surface area (Å²) in [6.07, 6.45) is 3.94. The maximum atomic E-state index is 12.7. The molecule has 0 spiro atoms. The number of benzene rings is 1. The van der Waals surface area contributed by atoms with Gasteiger partial charge in [0.05, 0.1) is 0 Å². The Morgan fingerprint density at radius 2 is 1.63 bits per heavy atom. The SMILES string of the molecule is CC.CC.CC1CCCCN1Cc1ccc(F)cc1. The molecule has 1 nitrogen and oxygen atoms in total. The Morgan fingerprint density at radius 1 is 1.05 bits per heavy atom. The molecule has 0 aliphatic carbocycles. The Hall–Kier alpha value is -0.890. The van der Waals surface area contributed by atoms with E-state index in [4.69, 9.17) is 0 Å². The molecule has 19 heavy (non-hydrogen) atoms. The minimum Gasteiger partial charge on any atom is -0.296 e. The Bertz CT molecular complexity index is 308. The zero-order valence-electron chi connectivity index (χ0n) is 13.2. The van der Waals surface area contributed by atoms with Crippen molar-refractivity contribution in [3.63, 3.8) is 0 Å². The van der Waals surface area contributed by atoms with Crippen LogP contribution in [0.3, 0.4) is 0 Å². The molecule has 2 heteroatoms. The van der Waals surface area contributed by atoms with Crippen LogP contribution in [0.25, 0.3) is 0 Å². The van der Waals surface area contributed by atoms with Crippen molar-refractivity contribution in [2.45, 2.75) is 66.5 Å². The quantitative estimate of drug-likeness (QED) is 0.707. The van der Waals surface area contributed by atoms with Crippen LogP contribution >= 0.6 is 0 Å². The topological polar surface area (TPSA) is 3.24 Å². The van der Waals surface area contributed by atoms with Crippen LogP contribution < -0.4 is 0 Å². The summed E-state index contributed by atoms with van der Waals surface area (Å²) in [7, 11) is 0. The third-order valence-corrected chi connectivity index (χ3v) is 3.24. The van der Waals surface area contributed by atoms with E-state index in [9.17, 15) is 4.39 Å². The van der Waals surface area contributed by atoms with Crippen molar-refractivity contribution in [3.8, 4) is 0 Å². The second-order valence-corrected chi connectivity index (χ2v) is 4.44. The lowest BCUT2D eigenvalue weighted by atomic mass is 10.0. The molecular weight excluding hydrogens is 237 g/mol. The molecule has 110 valence electrons. The smallest absolute Gasteiger partial charge is 0.123 e. The zero-order chi connectivity index (χ0) is 14.7. The first kappa shape index (κ1) is 18.1. The van der Waals surface area contributed by atoms with Crippen molar-refractivity contribution in [2.75, 3.05) is 6.54 Å². The maximum absolute atomic E-state index is 12.7. The first-order valence-electron chi connectivity index (χ1n) is 7.74. The molecule has 1 unspecified atom stereocenters. The van der Waals surface area contributed by atoms with Gasteiger partial charge in [-0.15, -0.1) is 0 Å². The van der Waals surface area contributed by atoms with E-state index < -0.39 is 0 Å². The fourth-order valence-corrected chi connectivity index (χ4v) is 2.22. The average Bonchev–Trinajstić information content (AvgIpc) is 2.48. The highest BCUT2D eigenvalue weighted by molar-refractivity contribution is 5.16. The summed E-state index contributed by atoms with van der Waals surface area (Å²) in [4.78, 5) is 2.48. The largest absolute Gasteiger partial charge is 0.296 e. The van der Waals surface area contributed by atoms with Crippen molar-refractivity contribution in [1.29, 1.82) is 0 Å². The molecule has 0 radical (unpaired) electrons. The molecule has 1 aromatic rings. The predicted octanol–water partition coefficient (Wildman–Crippen LogP) is 5.25. The van der Waals surface area contributed by atoms with Gasteiger partial charge in [-0.2, -0.15) is 0 Å². The standard InChI is InChI=1S/C13H18FN.2C2H6/c1-11-4-2-3-9-15(11)10-12-5-7-13(14)8-6-12;2*1-2/h5-8,11H,2-4,9-10H2,1H3;2*1-2H3. The van der Waals surface area contributed by atoms with Gasteiger partial charge < -0.3 is 0 Å². The Labute approximate surface area is 118 Å². The van der Waals surface area contributed by atoms with Gasteiger partial charge in [-0.05, 0) is 44.0 Å². The van der Waals surface area contributed by atoms with Crippen molar-refractivity contribution < 1.29 is 4.39 Å². The van der Waals surface area contributed by atoms with Gasteiger partial charge in [-0.25, -0.2) is 4.39 Å². The number of piperidine rings is 1. The summed E-state index contributed by atoms with van der Waals surface area (Å²) in [5.74, 6) is -0.148. The van der Waals surface area contributed by atoms with E-state index in [2.05, 4.69) is 11.8 Å². The minimum atomic E-state index is -0.148. The van der Waals surface area contributed by atoms with Crippen LogP contribution in [0.5, 0.6) is 0 Å². The Kier molecular flexibility index (Phi) is 10.5. The van der Waals surface area contributed by atoms with Gasteiger partial charge in [0.1, 0.15) is 5.82 Å². The van der Waals surface area contributed by atoms with Crippen molar-refractivity contribution in [2.24, 2.45) is 0 Å². The van der Waals surface area contributed by atoms with Crippen LogP contribution in [0.2, 0.25) is 0 Å². The monoisotopic (exact) mass is 267 g/mol. The first-order chi connectivity index (χ1) is 9.25. The van der Waals surface area contributed by atoms with Gasteiger partial charge in [-0.3, -0.25) is 4.90 Å². The lowest BCUT2D eigenvalue weighted by molar-refractivity contribution is 0.152. The summed E-state index contributed by atoms with van der Waals surface area (Å²) in [5, 5.41) is 0. The molecule has 1 atom stereocenters. The number of likely N-dealkylation sites (tertiary alicyclic amines) is 1. The Balaban J connectivity index is 0.000000741. The molecule has 0 aromatic heterocycles. The van der Waals surface area contributed by atoms with E-state index in [0.29, 0.717) is 6.04 Å². The van der Waals surface area contributed by atoms with Gasteiger partial charge in [0.15, 0.2) is 0 Å². The van der Waals surface area contributed by atoms with E-state index in [1.807, 2.05) is 39.8 Å². The molecule has 1 aliphatic rings. The van der Waals surface area contributed by atoms with Crippen LogP contribution in [-0.2, 0) is 6.54 Å². The van der Waals surface area contributed by atoms with Crippen molar-refractivity contribution in [3.05, 3.63) is 35.6 Å². The predicted molar refractivity (Wildman–Crippen MR) is 82.8 cm³/mol. The molecule has 1 fully saturated rings. The van der Waals surface area contributed by atoms with E-state index >= 15 is 0 Å². The second kappa shape index (κ2) is 11.0. The Morgan fingerprint density at radius 3 is 2.16 bits per heavy atom. The van der Waals surface area contributed by atoms with Crippen LogP contribution in [0.1, 0.15) is 59.4 Å². The van der Waals surface area contributed by atoms with Gasteiger partial charge in [0.2, 0.25) is 0 Å². The van der Waals surface area contributed by atoms with Gasteiger partial charge in [0, 0.05) is 12.6 Å². The maximum Gasteiger partial charge on any atom is 0.123 e. The normalized spacial score (nSPS) is 18.7. The third-order valence-electron chi connectivity index (χ3n) is 3.24. The van der Waals surface area contributed by atoms with Crippen LogP contribution in [0.15, 0.2) is 24.3 Å². The molecule has 0 N–H and O–H groups in total. The van der Waals surface area contributed by atoms with E-state index in [1.54, 1.807) is 12.1 Å². The minimum absolute atomic E-state index is 0.148. The first-order valence-corrected chi connectivity index (χ1v) is 7.74. The number of hydrogen-bond acceptors (Lipinski definition) is 1. The molecule has 2 rings (SSSR count). The number of nitrogens with zero attached hydrogens (tertiary/aromatic N) is 1. The third kappa shape index (κ3) is 6.72. The summed E-state index contributed by atoms with van der Waals surface area (Å²) < 4.78 is 12.7. The molecule has 1 aliphatic heterocycles. The highest BCUT2D eigenvalue weighted by atomic mass is 19.1. The second-order valence-electron chi connectivity index (χ2n) is 4.44. The number of hydrogen-bond donors (Lipinski definition) is 0. The molecule has 0 amide bonds. The van der Waals surface area contributed by atoms with E-state index in [-0.39, 0.29) is 5.82 Å². The van der Waals surface area contributed by atoms with Crippen LogP contribution in [0.4, 0.5) is 4.39 Å². The summed E-state index contributed by atoms with van der Waals surface area (Å²) in [6, 6.07) is 7.53. The number of halogens is 1. The molecule has 1 heterocycles. The lowest BCUT2D eigenvalue weighted by Gasteiger charge is -2.33. The fourth-order valence-electron chi connectivity index (χ4n) is 2.22. The lowest BCUT2D eigenvalue weighted by Crippen LogP contribution is -2.36. The van der Waals surface area contributed by atoms with E-state index in [1.165, 1.54) is 31.4 Å². The van der Waals surface area contributed by atoms with Crippen LogP contribution in [0, 0.1) is 5.82 Å². The highest BCUT2D eigenvalue weighted by Gasteiger charge is 2.17. The van der Waals surface area contributed by atoms with Crippen molar-refractivity contribution in [1.82, 2.24) is 4.90 Å². The molecule has 1 saturated heterocycles. The highest BCUT2D eigenvalue weighted by Crippen LogP contribution is 2.19. The summed E-state index contributed by atoms with van der Waals surface area (Å²) in [6.45, 7) is 12.4. The zero-order valence-corrected chi connectivity index (χ0v) is 13.2. The molecule has 1 aromatic carbocycles. The summed E-state index contributed by atoms with van der Waals surface area (Å²) >= 11 is 0.